The minimum absolute atomic E-state index is 0.256. The molecule has 1 heterocycles. The van der Waals surface area contributed by atoms with E-state index in [2.05, 4.69) is 48.7 Å². The average Bonchev–Trinajstić information content (AvgIpc) is 3.17. The molecule has 1 aliphatic heterocycles. The van der Waals surface area contributed by atoms with Crippen molar-refractivity contribution in [3.63, 3.8) is 0 Å². The predicted molar refractivity (Wildman–Crippen MR) is 138 cm³/mol. The van der Waals surface area contributed by atoms with E-state index in [1.165, 1.54) is 52.6 Å². The van der Waals surface area contributed by atoms with Gasteiger partial charge in [0.2, 0.25) is 0 Å². The maximum Gasteiger partial charge on any atom is 0.275 e. The molecule has 0 fully saturated rings. The van der Waals surface area contributed by atoms with Crippen LogP contribution in [0, 0.1) is 0 Å². The van der Waals surface area contributed by atoms with Gasteiger partial charge in [0.25, 0.3) is 11.8 Å². The van der Waals surface area contributed by atoms with Crippen molar-refractivity contribution in [2.24, 2.45) is 0 Å². The van der Waals surface area contributed by atoms with Crippen molar-refractivity contribution in [1.29, 1.82) is 0 Å². The predicted octanol–water partition coefficient (Wildman–Crippen LogP) is 7.10. The molecule has 2 amide bonds. The number of rotatable bonds is 8. The number of nitrogens with one attached hydrogen (secondary N) is 1. The van der Waals surface area contributed by atoms with Crippen LogP contribution in [0.1, 0.15) is 66.2 Å². The van der Waals surface area contributed by atoms with Gasteiger partial charge in [-0.05, 0) is 69.1 Å². The van der Waals surface area contributed by atoms with Crippen LogP contribution >= 0.6 is 0 Å². The standard InChI is InChI=1S/C30H28N2O2/c1-2-3-4-5-6-9-16-31-32-29(33)23-14-12-21-25-17-19-10-7-8-11-20(19)18-26(25)22-13-15-24(30(32)34)28(23)27(21)22/h7-8,10-15,17-18,31H,2-6,9,16H2,1H3. The second-order valence-corrected chi connectivity index (χ2v) is 9.44. The summed E-state index contributed by atoms with van der Waals surface area (Å²) in [6.45, 7) is 2.83. The minimum atomic E-state index is -0.256. The highest BCUT2D eigenvalue weighted by Gasteiger charge is 2.36. The molecule has 1 N–H and O–H groups in total. The first kappa shape index (κ1) is 21.1. The van der Waals surface area contributed by atoms with Crippen molar-refractivity contribution in [2.45, 2.75) is 45.4 Å². The van der Waals surface area contributed by atoms with Gasteiger partial charge < -0.3 is 0 Å². The number of imide groups is 1. The van der Waals surface area contributed by atoms with E-state index in [4.69, 9.17) is 0 Å². The molecule has 4 nitrogen and oxygen atoms in total. The minimum Gasteiger partial charge on any atom is -0.267 e. The topological polar surface area (TPSA) is 49.4 Å². The van der Waals surface area contributed by atoms with E-state index in [-0.39, 0.29) is 11.8 Å². The molecule has 0 saturated heterocycles. The molecule has 4 heteroatoms. The van der Waals surface area contributed by atoms with Gasteiger partial charge >= 0.3 is 0 Å². The van der Waals surface area contributed by atoms with Crippen LogP contribution in [0.25, 0.3) is 43.8 Å². The van der Waals surface area contributed by atoms with Crippen LogP contribution in [0.4, 0.5) is 0 Å². The highest BCUT2D eigenvalue weighted by Crippen LogP contribution is 2.50. The number of amides is 2. The van der Waals surface area contributed by atoms with Gasteiger partial charge in [0.1, 0.15) is 0 Å². The number of carbonyl (C=O) groups excluding carboxylic acids is 2. The molecule has 0 saturated carbocycles. The Morgan fingerprint density at radius 1 is 0.618 bits per heavy atom. The van der Waals surface area contributed by atoms with Crippen molar-refractivity contribution in [1.82, 2.24) is 10.4 Å². The highest BCUT2D eigenvalue weighted by molar-refractivity contribution is 6.31. The summed E-state index contributed by atoms with van der Waals surface area (Å²) in [5.41, 5.74) is 8.85. The molecule has 4 aromatic rings. The molecule has 0 unspecified atom stereocenters. The summed E-state index contributed by atoms with van der Waals surface area (Å²) >= 11 is 0. The van der Waals surface area contributed by atoms with E-state index in [0.29, 0.717) is 17.7 Å². The Kier molecular flexibility index (Phi) is 5.19. The first-order valence-electron chi connectivity index (χ1n) is 12.4. The number of unbranched alkanes of at least 4 members (excludes halogenated alkanes) is 5. The van der Waals surface area contributed by atoms with Gasteiger partial charge in [-0.15, -0.1) is 0 Å². The Labute approximate surface area is 199 Å². The summed E-state index contributed by atoms with van der Waals surface area (Å²) in [7, 11) is 0. The number of carbonyl (C=O) groups is 2. The maximum atomic E-state index is 13.4. The van der Waals surface area contributed by atoms with Crippen molar-refractivity contribution >= 4 is 33.4 Å². The third kappa shape index (κ3) is 3.17. The third-order valence-electron chi connectivity index (χ3n) is 7.29. The lowest BCUT2D eigenvalue weighted by Gasteiger charge is -2.28. The van der Waals surface area contributed by atoms with E-state index >= 15 is 0 Å². The number of hydrazine groups is 1. The molecule has 0 bridgehead atoms. The zero-order valence-corrected chi connectivity index (χ0v) is 19.5. The van der Waals surface area contributed by atoms with Gasteiger partial charge in [-0.3, -0.25) is 9.59 Å². The normalized spacial score (nSPS) is 13.9. The molecule has 6 rings (SSSR count). The fraction of sp³-hybridized carbons (Fsp3) is 0.267. The van der Waals surface area contributed by atoms with Gasteiger partial charge in [-0.2, -0.15) is 0 Å². The molecule has 0 atom stereocenters. The van der Waals surface area contributed by atoms with E-state index in [1.807, 2.05) is 24.3 Å². The Bertz CT molecular complexity index is 1370. The lowest BCUT2D eigenvalue weighted by atomic mass is 9.91. The molecule has 0 radical (unpaired) electrons. The van der Waals surface area contributed by atoms with Crippen LogP contribution in [0.5, 0.6) is 0 Å². The number of hydrogen-bond acceptors (Lipinski definition) is 3. The summed E-state index contributed by atoms with van der Waals surface area (Å²) < 4.78 is 0. The third-order valence-corrected chi connectivity index (χ3v) is 7.29. The van der Waals surface area contributed by atoms with Crippen molar-refractivity contribution in [3.8, 4) is 22.3 Å². The van der Waals surface area contributed by atoms with E-state index < -0.39 is 0 Å². The molecule has 0 aromatic heterocycles. The first-order chi connectivity index (χ1) is 16.7. The second kappa shape index (κ2) is 8.37. The first-order valence-corrected chi connectivity index (χ1v) is 12.4. The second-order valence-electron chi connectivity index (χ2n) is 9.44. The van der Waals surface area contributed by atoms with Crippen LogP contribution in [0.3, 0.4) is 0 Å². The lowest BCUT2D eigenvalue weighted by molar-refractivity contribution is 0.0520. The summed E-state index contributed by atoms with van der Waals surface area (Å²) in [5, 5.41) is 5.43. The summed E-state index contributed by atoms with van der Waals surface area (Å²) in [4.78, 5) is 26.7. The highest BCUT2D eigenvalue weighted by atomic mass is 16.2. The largest absolute Gasteiger partial charge is 0.275 e. The zero-order chi connectivity index (χ0) is 23.2. The van der Waals surface area contributed by atoms with E-state index in [9.17, 15) is 9.59 Å². The number of hydrogen-bond donors (Lipinski definition) is 1. The van der Waals surface area contributed by atoms with Gasteiger partial charge in [0, 0.05) is 11.9 Å². The zero-order valence-electron chi connectivity index (χ0n) is 19.5. The Hall–Kier alpha value is -3.50. The number of benzene rings is 4. The average molecular weight is 449 g/mol. The van der Waals surface area contributed by atoms with Crippen molar-refractivity contribution in [3.05, 3.63) is 71.8 Å². The van der Waals surface area contributed by atoms with Gasteiger partial charge in [-0.25, -0.2) is 10.4 Å². The Morgan fingerprint density at radius 3 is 1.71 bits per heavy atom. The van der Waals surface area contributed by atoms with Crippen LogP contribution in [-0.2, 0) is 0 Å². The van der Waals surface area contributed by atoms with E-state index in [0.717, 1.165) is 34.7 Å². The van der Waals surface area contributed by atoms with Crippen LogP contribution in [-0.4, -0.2) is 23.4 Å². The molecule has 4 aromatic carbocycles. The molecule has 34 heavy (non-hydrogen) atoms. The molecule has 1 aliphatic carbocycles. The molecule has 2 aliphatic rings. The maximum absolute atomic E-state index is 13.4. The number of fused-ring (bicyclic) bond motifs is 4. The van der Waals surface area contributed by atoms with E-state index in [1.54, 1.807) is 0 Å². The smallest absolute Gasteiger partial charge is 0.267 e. The quantitative estimate of drug-likeness (QED) is 0.203. The number of nitrogens with zero attached hydrogens (tertiary/aromatic N) is 1. The lowest BCUT2D eigenvalue weighted by Crippen LogP contribution is -2.49. The van der Waals surface area contributed by atoms with Crippen LogP contribution < -0.4 is 5.43 Å². The van der Waals surface area contributed by atoms with Crippen LogP contribution in [0.15, 0.2) is 60.7 Å². The van der Waals surface area contributed by atoms with Crippen molar-refractivity contribution in [2.75, 3.05) is 6.54 Å². The fourth-order valence-electron chi connectivity index (χ4n) is 5.56. The van der Waals surface area contributed by atoms with Gasteiger partial charge in [0.15, 0.2) is 0 Å². The molecular weight excluding hydrogens is 420 g/mol. The SMILES string of the molecule is CCCCCCCCNN1C(=O)c2ccc3c4c(ccc(c24)C1=O)-c1cc2ccccc2cc1-3. The summed E-state index contributed by atoms with van der Waals surface area (Å²) in [6.07, 6.45) is 6.99. The summed E-state index contributed by atoms with van der Waals surface area (Å²) in [6, 6.07) is 20.7. The molecular formula is C30H28N2O2. The fourth-order valence-corrected chi connectivity index (χ4v) is 5.56. The van der Waals surface area contributed by atoms with Crippen molar-refractivity contribution < 1.29 is 9.59 Å². The Balaban J connectivity index is 1.34. The Morgan fingerprint density at radius 2 is 1.12 bits per heavy atom. The summed E-state index contributed by atoms with van der Waals surface area (Å²) in [5.74, 6) is -0.512. The van der Waals surface area contributed by atoms with Gasteiger partial charge in [0.05, 0.1) is 11.1 Å². The van der Waals surface area contributed by atoms with Gasteiger partial charge in [-0.1, -0.05) is 75.4 Å². The monoisotopic (exact) mass is 448 g/mol. The molecule has 0 spiro atoms. The molecule has 170 valence electrons. The van der Waals surface area contributed by atoms with Crippen LogP contribution in [0.2, 0.25) is 0 Å².